The minimum atomic E-state index is -2.92. The zero-order valence-corrected chi connectivity index (χ0v) is 22.7. The fourth-order valence-electron chi connectivity index (χ4n) is 3.67. The van der Waals surface area contributed by atoms with Gasteiger partial charge >= 0.3 is 3.93 Å². The molecule has 0 aliphatic carbocycles. The molecule has 0 saturated heterocycles. The van der Waals surface area contributed by atoms with E-state index in [9.17, 15) is 18.8 Å². The SMILES string of the molecule is C=IC(F)(F)c1cccc(CC(=O)Nc2ccc(-c3ccc(N=C(N)Nc4ccccc4C#N)nc3)cc2)c1. The van der Waals surface area contributed by atoms with E-state index in [2.05, 4.69) is 31.2 Å². The van der Waals surface area contributed by atoms with E-state index in [1.54, 1.807) is 54.7 Å². The van der Waals surface area contributed by atoms with Crippen LogP contribution in [0.4, 0.5) is 26.0 Å². The number of halogens is 3. The van der Waals surface area contributed by atoms with Gasteiger partial charge in [0.1, 0.15) is 6.07 Å². The van der Waals surface area contributed by atoms with E-state index < -0.39 is 24.7 Å². The molecule has 4 aromatic rings. The number of pyridine rings is 1. The van der Waals surface area contributed by atoms with Crippen LogP contribution in [-0.4, -0.2) is 21.4 Å². The number of anilines is 2. The molecule has 0 spiro atoms. The number of aromatic nitrogens is 1. The van der Waals surface area contributed by atoms with Crippen molar-refractivity contribution in [2.45, 2.75) is 10.4 Å². The lowest BCUT2D eigenvalue weighted by molar-refractivity contribution is -0.115. The molecule has 39 heavy (non-hydrogen) atoms. The fraction of sp³-hybridized carbons (Fsp3) is 0.0690. The topological polar surface area (TPSA) is 116 Å². The zero-order valence-electron chi connectivity index (χ0n) is 20.5. The number of nitrogens with zero attached hydrogens (tertiary/aromatic N) is 3. The van der Waals surface area contributed by atoms with Gasteiger partial charge in [-0.1, -0.05) is 47.0 Å². The van der Waals surface area contributed by atoms with Crippen molar-refractivity contribution in [1.29, 1.82) is 5.26 Å². The molecule has 0 radical (unpaired) electrons. The molecule has 0 bridgehead atoms. The second-order valence-corrected chi connectivity index (χ2v) is 10.4. The van der Waals surface area contributed by atoms with Gasteiger partial charge in [-0.3, -0.25) is 4.79 Å². The molecule has 0 aliphatic heterocycles. The molecular formula is C29H23F2IN6O. The Morgan fingerprint density at radius 3 is 2.46 bits per heavy atom. The summed E-state index contributed by atoms with van der Waals surface area (Å²) in [6.07, 6.45) is 1.63. The zero-order chi connectivity index (χ0) is 27.8. The van der Waals surface area contributed by atoms with Gasteiger partial charge in [-0.15, -0.1) is 0 Å². The van der Waals surface area contributed by atoms with Crippen molar-refractivity contribution in [3.8, 4) is 17.2 Å². The Hall–Kier alpha value is -4.50. The monoisotopic (exact) mass is 636 g/mol. The third-order valence-electron chi connectivity index (χ3n) is 5.58. The van der Waals surface area contributed by atoms with Crippen LogP contribution < -0.4 is 16.4 Å². The van der Waals surface area contributed by atoms with Crippen LogP contribution in [0.5, 0.6) is 0 Å². The second kappa shape index (κ2) is 12.4. The Labute approximate surface area is 234 Å². The molecule has 0 aliphatic rings. The summed E-state index contributed by atoms with van der Waals surface area (Å²) in [5, 5.41) is 14.9. The lowest BCUT2D eigenvalue weighted by Crippen LogP contribution is -2.22. The molecular weight excluding hydrogens is 613 g/mol. The summed E-state index contributed by atoms with van der Waals surface area (Å²) in [4.78, 5) is 21.1. The van der Waals surface area contributed by atoms with E-state index >= 15 is 0 Å². The minimum absolute atomic E-state index is 0.0207. The van der Waals surface area contributed by atoms with E-state index in [0.29, 0.717) is 28.3 Å². The van der Waals surface area contributed by atoms with Gasteiger partial charge in [-0.2, -0.15) is 19.0 Å². The smallest absolute Gasteiger partial charge is 0.316 e. The van der Waals surface area contributed by atoms with E-state index in [4.69, 9.17) is 5.73 Å². The average molecular weight is 636 g/mol. The highest BCUT2D eigenvalue weighted by atomic mass is 127. The second-order valence-electron chi connectivity index (χ2n) is 8.32. The summed E-state index contributed by atoms with van der Waals surface area (Å²) >= 11 is -1.55. The highest BCUT2D eigenvalue weighted by Crippen LogP contribution is 2.38. The Kier molecular flexibility index (Phi) is 8.73. The predicted molar refractivity (Wildman–Crippen MR) is 160 cm³/mol. The van der Waals surface area contributed by atoms with Crippen molar-refractivity contribution in [1.82, 2.24) is 4.98 Å². The standard InChI is InChI=1S/C29H23F2IN6O/c1-32-29(30,31)23-7-4-5-19(15-23)16-27(39)36-24-12-9-20(10-13-24)22-11-14-26(35-18-22)38-28(34)37-25-8-3-2-6-21(25)17-33/h2-15,18H,1,16H2,(H,36,39)(H3,34,35,37,38). The van der Waals surface area contributed by atoms with Crippen LogP contribution in [-0.2, 0) is 15.1 Å². The van der Waals surface area contributed by atoms with Crippen LogP contribution in [0.1, 0.15) is 16.7 Å². The van der Waals surface area contributed by atoms with Crippen molar-refractivity contribution < 1.29 is 13.6 Å². The molecule has 0 saturated carbocycles. The summed E-state index contributed by atoms with van der Waals surface area (Å²) in [7, 11) is 0. The molecule has 4 N–H and O–H groups in total. The minimum Gasteiger partial charge on any atom is -0.369 e. The van der Waals surface area contributed by atoms with E-state index in [-0.39, 0.29) is 23.9 Å². The predicted octanol–water partition coefficient (Wildman–Crippen LogP) is 6.31. The number of carbonyl (C=O) groups excluding carboxylic acids is 1. The van der Waals surface area contributed by atoms with Crippen molar-refractivity contribution in [3.05, 3.63) is 108 Å². The number of guanidine groups is 1. The first-order chi connectivity index (χ1) is 18.8. The van der Waals surface area contributed by atoms with Crippen LogP contribution in [0.3, 0.4) is 0 Å². The first-order valence-electron chi connectivity index (χ1n) is 11.6. The number of rotatable bonds is 8. The van der Waals surface area contributed by atoms with Crippen LogP contribution in [0.15, 0.2) is 96.1 Å². The summed E-state index contributed by atoms with van der Waals surface area (Å²) < 4.78 is 28.4. The van der Waals surface area contributed by atoms with Crippen LogP contribution in [0, 0.1) is 11.3 Å². The van der Waals surface area contributed by atoms with E-state index in [1.165, 1.54) is 18.2 Å². The van der Waals surface area contributed by atoms with Gasteiger partial charge in [0.15, 0.2) is 11.8 Å². The molecule has 1 aromatic heterocycles. The Bertz CT molecular complexity index is 1560. The molecule has 196 valence electrons. The number of para-hydroxylation sites is 1. The number of carbonyl (C=O) groups is 1. The number of hydrogen-bond acceptors (Lipinski definition) is 4. The van der Waals surface area contributed by atoms with E-state index in [1.807, 2.05) is 18.2 Å². The number of nitrogens with one attached hydrogen (secondary N) is 2. The Morgan fingerprint density at radius 1 is 1.03 bits per heavy atom. The molecule has 1 heterocycles. The van der Waals surface area contributed by atoms with Gasteiger partial charge in [0.25, 0.3) is 0 Å². The number of benzene rings is 3. The van der Waals surface area contributed by atoms with Crippen LogP contribution >= 0.6 is 20.7 Å². The van der Waals surface area contributed by atoms with Crippen LogP contribution in [0.2, 0.25) is 0 Å². The maximum atomic E-state index is 14.0. The Morgan fingerprint density at radius 2 is 1.77 bits per heavy atom. The quantitative estimate of drug-likeness (QED) is 0.0908. The molecule has 3 aromatic carbocycles. The van der Waals surface area contributed by atoms with Crippen molar-refractivity contribution in [2.24, 2.45) is 10.7 Å². The number of nitriles is 1. The molecule has 0 atom stereocenters. The largest absolute Gasteiger partial charge is 0.369 e. The van der Waals surface area contributed by atoms with Gasteiger partial charge in [-0.25, -0.2) is 4.98 Å². The highest BCUT2D eigenvalue weighted by Gasteiger charge is 2.28. The molecule has 0 fully saturated rings. The lowest BCUT2D eigenvalue weighted by Gasteiger charge is -2.12. The van der Waals surface area contributed by atoms with Gasteiger partial charge in [-0.05, 0) is 74.3 Å². The maximum absolute atomic E-state index is 14.0. The van der Waals surface area contributed by atoms with Gasteiger partial charge < -0.3 is 16.4 Å². The third kappa shape index (κ3) is 7.30. The molecule has 7 nitrogen and oxygen atoms in total. The first kappa shape index (κ1) is 27.5. The molecule has 0 unspecified atom stereocenters. The summed E-state index contributed by atoms with van der Waals surface area (Å²) in [5.74, 6) is 0.184. The highest BCUT2D eigenvalue weighted by molar-refractivity contribution is 14.2. The summed E-state index contributed by atoms with van der Waals surface area (Å²) in [6.45, 7) is 0. The fourth-order valence-corrected chi connectivity index (χ4v) is 4.45. The third-order valence-corrected chi connectivity index (χ3v) is 7.16. The molecule has 1 amide bonds. The molecule has 4 rings (SSSR count). The lowest BCUT2D eigenvalue weighted by atomic mass is 10.1. The number of nitrogens with two attached hydrogens (primary N) is 1. The van der Waals surface area contributed by atoms with Gasteiger partial charge in [0.05, 0.1) is 17.7 Å². The molecule has 10 heteroatoms. The number of hydrogen-bond donors (Lipinski definition) is 3. The number of amides is 1. The summed E-state index contributed by atoms with van der Waals surface area (Å²) in [6, 6.07) is 25.7. The maximum Gasteiger partial charge on any atom is 0.316 e. The first-order valence-corrected chi connectivity index (χ1v) is 14.2. The summed E-state index contributed by atoms with van der Waals surface area (Å²) in [5.41, 5.74) is 9.66. The van der Waals surface area contributed by atoms with Crippen molar-refractivity contribution >= 4 is 54.3 Å². The number of aliphatic imine (C=N–C) groups is 1. The van der Waals surface area contributed by atoms with Crippen molar-refractivity contribution in [3.63, 3.8) is 0 Å². The van der Waals surface area contributed by atoms with Gasteiger partial charge in [0.2, 0.25) is 5.91 Å². The number of alkyl halides is 3. The Balaban J connectivity index is 1.37. The normalized spacial score (nSPS) is 11.5. The van der Waals surface area contributed by atoms with E-state index in [0.717, 1.165) is 11.1 Å². The van der Waals surface area contributed by atoms with Crippen molar-refractivity contribution in [2.75, 3.05) is 10.6 Å². The van der Waals surface area contributed by atoms with Crippen LogP contribution in [0.25, 0.3) is 11.1 Å². The van der Waals surface area contributed by atoms with Gasteiger partial charge in [0, 0.05) is 23.0 Å². The average Bonchev–Trinajstić information content (AvgIpc) is 2.94.